The Bertz CT molecular complexity index is 583. The second-order valence-electron chi connectivity index (χ2n) is 5.17. The van der Waals surface area contributed by atoms with Crippen molar-refractivity contribution in [2.75, 3.05) is 13.7 Å². The Morgan fingerprint density at radius 1 is 1.10 bits per heavy atom. The summed E-state index contributed by atoms with van der Waals surface area (Å²) in [5.74, 6) is 3.08. The van der Waals surface area contributed by atoms with Gasteiger partial charge in [0.15, 0.2) is 0 Å². The molecule has 0 aromatic heterocycles. The van der Waals surface area contributed by atoms with Crippen molar-refractivity contribution in [2.45, 2.75) is 13.0 Å². The molecule has 0 saturated carbocycles. The zero-order chi connectivity index (χ0) is 13.9. The molecule has 0 aliphatic carbocycles. The Morgan fingerprint density at radius 2 is 1.90 bits per heavy atom. The first-order chi connectivity index (χ1) is 9.78. The second-order valence-corrected chi connectivity index (χ2v) is 5.17. The van der Waals surface area contributed by atoms with Crippen molar-refractivity contribution < 1.29 is 9.47 Å². The number of rotatable bonds is 3. The molecule has 2 atom stereocenters. The van der Waals surface area contributed by atoms with Crippen molar-refractivity contribution in [3.8, 4) is 17.2 Å². The first-order valence-electron chi connectivity index (χ1n) is 6.95. The van der Waals surface area contributed by atoms with Gasteiger partial charge in [0.2, 0.25) is 0 Å². The van der Waals surface area contributed by atoms with Crippen molar-refractivity contribution in [1.82, 2.24) is 5.32 Å². The van der Waals surface area contributed by atoms with Gasteiger partial charge in [0.1, 0.15) is 17.2 Å². The van der Waals surface area contributed by atoms with E-state index in [0.717, 1.165) is 23.9 Å². The summed E-state index contributed by atoms with van der Waals surface area (Å²) in [4.78, 5) is 0. The third kappa shape index (κ3) is 2.49. The topological polar surface area (TPSA) is 30.5 Å². The van der Waals surface area contributed by atoms with Crippen LogP contribution in [0.15, 0.2) is 48.5 Å². The van der Waals surface area contributed by atoms with Crippen LogP contribution >= 0.6 is 0 Å². The monoisotopic (exact) mass is 269 g/mol. The van der Waals surface area contributed by atoms with Crippen molar-refractivity contribution in [3.63, 3.8) is 0 Å². The van der Waals surface area contributed by atoms with Gasteiger partial charge in [0.25, 0.3) is 0 Å². The molecule has 20 heavy (non-hydrogen) atoms. The fourth-order valence-corrected chi connectivity index (χ4v) is 2.65. The van der Waals surface area contributed by atoms with E-state index in [0.29, 0.717) is 12.0 Å². The van der Waals surface area contributed by atoms with Crippen molar-refractivity contribution in [1.29, 1.82) is 0 Å². The lowest BCUT2D eigenvalue weighted by Gasteiger charge is -2.31. The average molecular weight is 269 g/mol. The predicted octanol–water partition coefficient (Wildman–Crippen LogP) is 3.77. The number of para-hydroxylation sites is 1. The maximum atomic E-state index is 5.89. The minimum Gasteiger partial charge on any atom is -0.493 e. The van der Waals surface area contributed by atoms with Crippen molar-refractivity contribution in [2.24, 2.45) is 5.92 Å². The van der Waals surface area contributed by atoms with Gasteiger partial charge in [-0.15, -0.1) is 0 Å². The summed E-state index contributed by atoms with van der Waals surface area (Å²) in [6, 6.07) is 16.1. The molecule has 0 saturated heterocycles. The van der Waals surface area contributed by atoms with Gasteiger partial charge in [0.05, 0.1) is 6.61 Å². The zero-order valence-electron chi connectivity index (χ0n) is 11.8. The molecule has 1 aliphatic rings. The highest BCUT2D eigenvalue weighted by molar-refractivity contribution is 5.45. The van der Waals surface area contributed by atoms with Crippen LogP contribution in [0.2, 0.25) is 0 Å². The van der Waals surface area contributed by atoms with Gasteiger partial charge in [-0.2, -0.15) is 0 Å². The summed E-state index contributed by atoms with van der Waals surface area (Å²) < 4.78 is 11.7. The Balaban J connectivity index is 1.90. The number of hydrogen-bond donors (Lipinski definition) is 1. The lowest BCUT2D eigenvalue weighted by Crippen LogP contribution is -2.31. The quantitative estimate of drug-likeness (QED) is 0.920. The summed E-state index contributed by atoms with van der Waals surface area (Å²) in [7, 11) is 1.99. The highest BCUT2D eigenvalue weighted by Gasteiger charge is 2.27. The molecular formula is C17H19NO2. The van der Waals surface area contributed by atoms with Crippen LogP contribution < -0.4 is 14.8 Å². The number of ether oxygens (including phenoxy) is 2. The molecule has 1 aliphatic heterocycles. The molecule has 2 unspecified atom stereocenters. The SMILES string of the molecule is CNC1c2cc(Oc3ccccc3)ccc2OCC1C. The zero-order valence-corrected chi connectivity index (χ0v) is 11.8. The summed E-state index contributed by atoms with van der Waals surface area (Å²) in [6.45, 7) is 2.94. The van der Waals surface area contributed by atoms with E-state index in [-0.39, 0.29) is 0 Å². The minimum absolute atomic E-state index is 0.304. The van der Waals surface area contributed by atoms with Gasteiger partial charge in [-0.25, -0.2) is 0 Å². The summed E-state index contributed by atoms with van der Waals surface area (Å²) >= 11 is 0. The van der Waals surface area contributed by atoms with Crippen LogP contribution in [-0.2, 0) is 0 Å². The summed E-state index contributed by atoms with van der Waals surface area (Å²) in [5.41, 5.74) is 1.17. The molecule has 3 nitrogen and oxygen atoms in total. The van der Waals surface area contributed by atoms with Crippen LogP contribution in [-0.4, -0.2) is 13.7 Å². The molecule has 3 heteroatoms. The maximum Gasteiger partial charge on any atom is 0.128 e. The molecule has 0 spiro atoms. The Hall–Kier alpha value is -2.00. The smallest absolute Gasteiger partial charge is 0.128 e. The molecule has 0 fully saturated rings. The minimum atomic E-state index is 0.304. The normalized spacial score (nSPS) is 20.9. The van der Waals surface area contributed by atoms with E-state index in [9.17, 15) is 0 Å². The van der Waals surface area contributed by atoms with Gasteiger partial charge in [-0.1, -0.05) is 25.1 Å². The molecule has 1 heterocycles. The average Bonchev–Trinajstić information content (AvgIpc) is 2.48. The van der Waals surface area contributed by atoms with E-state index in [1.807, 2.05) is 49.5 Å². The molecule has 1 N–H and O–H groups in total. The van der Waals surface area contributed by atoms with Crippen LogP contribution in [0.4, 0.5) is 0 Å². The van der Waals surface area contributed by atoms with Crippen LogP contribution in [0, 0.1) is 5.92 Å². The third-order valence-electron chi connectivity index (χ3n) is 3.68. The molecular weight excluding hydrogens is 250 g/mol. The number of nitrogens with one attached hydrogen (secondary N) is 1. The summed E-state index contributed by atoms with van der Waals surface area (Å²) in [5, 5.41) is 3.37. The van der Waals surface area contributed by atoms with E-state index in [2.05, 4.69) is 18.3 Å². The molecule has 2 aromatic carbocycles. The third-order valence-corrected chi connectivity index (χ3v) is 3.68. The molecule has 104 valence electrons. The van der Waals surface area contributed by atoms with Gasteiger partial charge in [0, 0.05) is 17.5 Å². The van der Waals surface area contributed by atoms with Gasteiger partial charge < -0.3 is 14.8 Å². The van der Waals surface area contributed by atoms with E-state index in [1.165, 1.54) is 5.56 Å². The molecule has 3 rings (SSSR count). The highest BCUT2D eigenvalue weighted by atomic mass is 16.5. The van der Waals surface area contributed by atoms with E-state index >= 15 is 0 Å². The molecule has 2 aromatic rings. The van der Waals surface area contributed by atoms with Crippen LogP contribution in [0.5, 0.6) is 17.2 Å². The molecule has 0 amide bonds. The first-order valence-corrected chi connectivity index (χ1v) is 6.95. The van der Waals surface area contributed by atoms with Crippen LogP contribution in [0.1, 0.15) is 18.5 Å². The second kappa shape index (κ2) is 5.55. The van der Waals surface area contributed by atoms with Crippen molar-refractivity contribution in [3.05, 3.63) is 54.1 Å². The van der Waals surface area contributed by atoms with Crippen LogP contribution in [0.3, 0.4) is 0 Å². The van der Waals surface area contributed by atoms with Crippen molar-refractivity contribution >= 4 is 0 Å². The lowest BCUT2D eigenvalue weighted by molar-refractivity contribution is 0.193. The van der Waals surface area contributed by atoms with Gasteiger partial charge >= 0.3 is 0 Å². The Kier molecular flexibility index (Phi) is 3.61. The maximum absolute atomic E-state index is 5.89. The first kappa shape index (κ1) is 13.0. The van der Waals surface area contributed by atoms with Gasteiger partial charge in [-0.05, 0) is 37.4 Å². The lowest BCUT2D eigenvalue weighted by atomic mass is 9.92. The van der Waals surface area contributed by atoms with E-state index < -0.39 is 0 Å². The number of benzene rings is 2. The number of fused-ring (bicyclic) bond motifs is 1. The van der Waals surface area contributed by atoms with E-state index in [4.69, 9.17) is 9.47 Å². The summed E-state index contributed by atoms with van der Waals surface area (Å²) in [6.07, 6.45) is 0. The largest absolute Gasteiger partial charge is 0.493 e. The predicted molar refractivity (Wildman–Crippen MR) is 79.4 cm³/mol. The van der Waals surface area contributed by atoms with Crippen LogP contribution in [0.25, 0.3) is 0 Å². The number of hydrogen-bond acceptors (Lipinski definition) is 3. The standard InChI is InChI=1S/C17H19NO2/c1-12-11-19-16-9-8-14(10-15(16)17(12)18-2)20-13-6-4-3-5-7-13/h3-10,12,17-18H,11H2,1-2H3. The highest BCUT2D eigenvalue weighted by Crippen LogP contribution is 2.38. The molecule has 0 radical (unpaired) electrons. The van der Waals surface area contributed by atoms with Gasteiger partial charge in [-0.3, -0.25) is 0 Å². The molecule has 0 bridgehead atoms. The Morgan fingerprint density at radius 3 is 2.65 bits per heavy atom. The van der Waals surface area contributed by atoms with E-state index in [1.54, 1.807) is 0 Å². The fourth-order valence-electron chi connectivity index (χ4n) is 2.65. The fraction of sp³-hybridized carbons (Fsp3) is 0.294. The Labute approximate surface area is 119 Å².